The fourth-order valence-corrected chi connectivity index (χ4v) is 0.953. The zero-order valence-corrected chi connectivity index (χ0v) is 7.56. The number of hydrogen-bond acceptors (Lipinski definition) is 5. The third-order valence-corrected chi connectivity index (χ3v) is 1.82. The highest BCUT2D eigenvalue weighted by molar-refractivity contribution is 5.79. The molecule has 0 saturated heterocycles. The van der Waals surface area contributed by atoms with Gasteiger partial charge in [-0.05, 0) is 12.8 Å². The first-order valence-electron chi connectivity index (χ1n) is 4.38. The molecule has 2 rings (SSSR count). The van der Waals surface area contributed by atoms with Crippen LogP contribution in [0.2, 0.25) is 0 Å². The van der Waals surface area contributed by atoms with Crippen molar-refractivity contribution in [1.29, 1.82) is 0 Å². The summed E-state index contributed by atoms with van der Waals surface area (Å²) in [6.45, 7) is 0.357. The molecule has 1 saturated carbocycles. The van der Waals surface area contributed by atoms with Crippen LogP contribution in [0.25, 0.3) is 0 Å². The molecule has 0 amide bonds. The molecular formula is C6H12N8. The summed E-state index contributed by atoms with van der Waals surface area (Å²) in [4.78, 5) is 4.15. The molecule has 0 unspecified atom stereocenters. The van der Waals surface area contributed by atoms with Gasteiger partial charge in [-0.15, -0.1) is 10.2 Å². The Bertz CT molecular complexity index is 300. The van der Waals surface area contributed by atoms with E-state index in [9.17, 15) is 0 Å². The van der Waals surface area contributed by atoms with Gasteiger partial charge in [0.25, 0.3) is 0 Å². The maximum Gasteiger partial charge on any atom is 0.206 e. The molecule has 0 radical (unpaired) electrons. The van der Waals surface area contributed by atoms with E-state index in [1.165, 1.54) is 12.8 Å². The minimum atomic E-state index is 0.357. The molecule has 0 aliphatic heterocycles. The van der Waals surface area contributed by atoms with Gasteiger partial charge in [0.05, 0.1) is 0 Å². The number of nitrogens with zero attached hydrogens (tertiary/aromatic N) is 4. The average Bonchev–Trinajstić information content (AvgIpc) is 2.86. The zero-order chi connectivity index (χ0) is 9.80. The Morgan fingerprint density at radius 1 is 1.64 bits per heavy atom. The Morgan fingerprint density at radius 2 is 2.50 bits per heavy atom. The first-order valence-corrected chi connectivity index (χ1v) is 4.38. The number of aromatic amines is 1. The van der Waals surface area contributed by atoms with Crippen molar-refractivity contribution in [3.8, 4) is 0 Å². The standard InChI is InChI=1S/C6H12N8/c7-10-6(9-4-1-2-4)8-3-5-11-13-14-12-5/h4H,1-3,7H2,(H2,8,9,10)(H,11,12,13,14). The van der Waals surface area contributed by atoms with Gasteiger partial charge in [0.15, 0.2) is 5.82 Å². The number of aliphatic imine (C=N–C) groups is 1. The van der Waals surface area contributed by atoms with Crippen molar-refractivity contribution >= 4 is 5.96 Å². The van der Waals surface area contributed by atoms with E-state index in [1.807, 2.05) is 0 Å². The number of nitrogens with two attached hydrogens (primary N) is 1. The minimum Gasteiger partial charge on any atom is -0.353 e. The highest BCUT2D eigenvalue weighted by Crippen LogP contribution is 2.18. The zero-order valence-electron chi connectivity index (χ0n) is 7.56. The summed E-state index contributed by atoms with van der Waals surface area (Å²) in [5, 5.41) is 16.4. The molecule has 1 fully saturated rings. The van der Waals surface area contributed by atoms with Gasteiger partial charge in [0.1, 0.15) is 6.54 Å². The second-order valence-electron chi connectivity index (χ2n) is 3.06. The molecule has 0 bridgehead atoms. The fourth-order valence-electron chi connectivity index (χ4n) is 0.953. The number of hydrogen-bond donors (Lipinski definition) is 4. The monoisotopic (exact) mass is 196 g/mol. The summed E-state index contributed by atoms with van der Waals surface area (Å²) >= 11 is 0. The molecule has 8 nitrogen and oxygen atoms in total. The van der Waals surface area contributed by atoms with Crippen molar-refractivity contribution in [2.75, 3.05) is 0 Å². The van der Waals surface area contributed by atoms with Gasteiger partial charge in [-0.3, -0.25) is 5.43 Å². The lowest BCUT2D eigenvalue weighted by Crippen LogP contribution is -2.42. The molecule has 1 aromatic heterocycles. The minimum absolute atomic E-state index is 0.357. The summed E-state index contributed by atoms with van der Waals surface area (Å²) in [6.07, 6.45) is 2.34. The van der Waals surface area contributed by atoms with Crippen LogP contribution < -0.4 is 16.6 Å². The van der Waals surface area contributed by atoms with Gasteiger partial charge < -0.3 is 5.32 Å². The number of tetrazole rings is 1. The van der Waals surface area contributed by atoms with Crippen LogP contribution >= 0.6 is 0 Å². The summed E-state index contributed by atoms with van der Waals surface area (Å²) in [5.41, 5.74) is 2.49. The van der Waals surface area contributed by atoms with Gasteiger partial charge in [-0.25, -0.2) is 10.8 Å². The van der Waals surface area contributed by atoms with Gasteiger partial charge in [0, 0.05) is 6.04 Å². The Balaban J connectivity index is 1.86. The lowest BCUT2D eigenvalue weighted by molar-refractivity contribution is 0.808. The van der Waals surface area contributed by atoms with E-state index in [2.05, 4.69) is 36.4 Å². The maximum atomic E-state index is 5.28. The maximum absolute atomic E-state index is 5.28. The predicted molar refractivity (Wildman–Crippen MR) is 48.8 cm³/mol. The summed E-state index contributed by atoms with van der Waals surface area (Å²) in [7, 11) is 0. The van der Waals surface area contributed by atoms with Crippen LogP contribution in [0.5, 0.6) is 0 Å². The molecule has 1 aliphatic carbocycles. The Kier molecular flexibility index (Phi) is 2.54. The van der Waals surface area contributed by atoms with Gasteiger partial charge in [-0.1, -0.05) is 5.21 Å². The highest BCUT2D eigenvalue weighted by Gasteiger charge is 2.21. The molecule has 0 atom stereocenters. The van der Waals surface area contributed by atoms with Crippen molar-refractivity contribution in [2.24, 2.45) is 10.8 Å². The Labute approximate surface area is 80.3 Å². The summed E-state index contributed by atoms with van der Waals surface area (Å²) in [6, 6.07) is 0.509. The molecule has 1 aromatic rings. The van der Waals surface area contributed by atoms with Crippen molar-refractivity contribution in [1.82, 2.24) is 31.4 Å². The normalized spacial score (nSPS) is 16.8. The third-order valence-electron chi connectivity index (χ3n) is 1.82. The quantitative estimate of drug-likeness (QED) is 0.197. The number of aromatic nitrogens is 4. The first-order chi connectivity index (χ1) is 6.88. The van der Waals surface area contributed by atoms with Crippen molar-refractivity contribution < 1.29 is 0 Å². The SMILES string of the molecule is NNC(=NCc1nn[nH]n1)NC1CC1. The average molecular weight is 196 g/mol. The largest absolute Gasteiger partial charge is 0.353 e. The van der Waals surface area contributed by atoms with Gasteiger partial charge >= 0.3 is 0 Å². The summed E-state index contributed by atoms with van der Waals surface area (Å²) < 4.78 is 0. The van der Waals surface area contributed by atoms with E-state index in [0.29, 0.717) is 24.4 Å². The van der Waals surface area contributed by atoms with E-state index in [0.717, 1.165) is 0 Å². The molecular weight excluding hydrogens is 184 g/mol. The third kappa shape index (κ3) is 2.39. The number of rotatable bonds is 3. The van der Waals surface area contributed by atoms with Gasteiger partial charge in [0.2, 0.25) is 5.96 Å². The Morgan fingerprint density at radius 3 is 3.07 bits per heavy atom. The second-order valence-corrected chi connectivity index (χ2v) is 3.06. The number of nitrogens with one attached hydrogen (secondary N) is 3. The molecule has 1 aliphatic rings. The van der Waals surface area contributed by atoms with Crippen molar-refractivity contribution in [3.05, 3.63) is 5.82 Å². The predicted octanol–water partition coefficient (Wildman–Crippen LogP) is -1.73. The van der Waals surface area contributed by atoms with Crippen molar-refractivity contribution in [2.45, 2.75) is 25.4 Å². The first kappa shape index (κ1) is 8.88. The molecule has 5 N–H and O–H groups in total. The smallest absolute Gasteiger partial charge is 0.206 e. The van der Waals surface area contributed by atoms with E-state index in [-0.39, 0.29) is 0 Å². The molecule has 1 heterocycles. The summed E-state index contributed by atoms with van der Waals surface area (Å²) in [5.74, 6) is 6.39. The van der Waals surface area contributed by atoms with E-state index < -0.39 is 0 Å². The number of guanidine groups is 1. The lowest BCUT2D eigenvalue weighted by Gasteiger charge is -2.06. The molecule has 0 aromatic carbocycles. The van der Waals surface area contributed by atoms with Crippen LogP contribution in [0.15, 0.2) is 4.99 Å². The van der Waals surface area contributed by atoms with Crippen LogP contribution in [0, 0.1) is 0 Å². The van der Waals surface area contributed by atoms with Crippen LogP contribution in [0.1, 0.15) is 18.7 Å². The van der Waals surface area contributed by atoms with E-state index >= 15 is 0 Å². The Hall–Kier alpha value is -1.70. The van der Waals surface area contributed by atoms with Crippen LogP contribution in [0.3, 0.4) is 0 Å². The molecule has 0 spiro atoms. The number of hydrazine groups is 1. The van der Waals surface area contributed by atoms with Crippen molar-refractivity contribution in [3.63, 3.8) is 0 Å². The van der Waals surface area contributed by atoms with Crippen LogP contribution in [-0.2, 0) is 6.54 Å². The van der Waals surface area contributed by atoms with Crippen LogP contribution in [0.4, 0.5) is 0 Å². The lowest BCUT2D eigenvalue weighted by atomic mass is 10.6. The highest BCUT2D eigenvalue weighted by atomic mass is 15.5. The molecule has 14 heavy (non-hydrogen) atoms. The second kappa shape index (κ2) is 4.01. The number of H-pyrrole nitrogens is 1. The van der Waals surface area contributed by atoms with E-state index in [4.69, 9.17) is 5.84 Å². The van der Waals surface area contributed by atoms with E-state index in [1.54, 1.807) is 0 Å². The molecule has 8 heteroatoms. The van der Waals surface area contributed by atoms with Gasteiger partial charge in [-0.2, -0.15) is 5.21 Å². The fraction of sp³-hybridized carbons (Fsp3) is 0.667. The van der Waals surface area contributed by atoms with Crippen LogP contribution in [-0.4, -0.2) is 32.6 Å². The topological polar surface area (TPSA) is 117 Å². The molecule has 76 valence electrons.